The second-order valence-corrected chi connectivity index (χ2v) is 7.73. The largest absolute Gasteiger partial charge is 0.465 e. The molecule has 1 aromatic rings. The molecule has 24 heavy (non-hydrogen) atoms. The number of hydrogen-bond acceptors (Lipinski definition) is 5. The van der Waals surface area contributed by atoms with Crippen LogP contribution in [0.5, 0.6) is 0 Å². The highest BCUT2D eigenvalue weighted by atomic mass is 32.2. The zero-order valence-electron chi connectivity index (χ0n) is 14.4. The summed E-state index contributed by atoms with van der Waals surface area (Å²) in [4.78, 5) is 23.3. The maximum absolute atomic E-state index is 12.0. The highest BCUT2D eigenvalue weighted by Gasteiger charge is 2.19. The number of hydrogen-bond donors (Lipinski definition) is 1. The van der Waals surface area contributed by atoms with E-state index in [-0.39, 0.29) is 30.5 Å². The average molecular weight is 356 g/mol. The number of nitrogens with zero attached hydrogens (tertiary/aromatic N) is 1. The molecule has 8 heteroatoms. The lowest BCUT2D eigenvalue weighted by Gasteiger charge is -2.23. The third-order valence-electron chi connectivity index (χ3n) is 3.19. The quantitative estimate of drug-likeness (QED) is 0.711. The number of amides is 1. The molecule has 1 amide bonds. The minimum absolute atomic E-state index is 0.0767. The molecule has 0 aromatic heterocycles. The maximum atomic E-state index is 12.0. The van der Waals surface area contributed by atoms with Crippen molar-refractivity contribution in [2.45, 2.75) is 20.3 Å². The Kier molecular flexibility index (Phi) is 7.21. The van der Waals surface area contributed by atoms with Crippen molar-refractivity contribution in [3.63, 3.8) is 0 Å². The molecule has 0 saturated carbocycles. The highest BCUT2D eigenvalue weighted by Crippen LogP contribution is 2.19. The van der Waals surface area contributed by atoms with Gasteiger partial charge >= 0.3 is 5.97 Å². The van der Waals surface area contributed by atoms with E-state index in [0.717, 1.165) is 10.6 Å². The van der Waals surface area contributed by atoms with E-state index in [2.05, 4.69) is 10.1 Å². The lowest BCUT2D eigenvalue weighted by atomic mass is 10.1. The molecule has 0 aliphatic carbocycles. The summed E-state index contributed by atoms with van der Waals surface area (Å²) in [6.45, 7) is 4.12. The van der Waals surface area contributed by atoms with Gasteiger partial charge in [0.15, 0.2) is 0 Å². The van der Waals surface area contributed by atoms with Crippen LogP contribution in [0.25, 0.3) is 0 Å². The summed E-state index contributed by atoms with van der Waals surface area (Å²) in [6.07, 6.45) is 1.46. The first-order valence-corrected chi connectivity index (χ1v) is 9.42. The molecule has 0 atom stereocenters. The first kappa shape index (κ1) is 20.0. The first-order valence-electron chi connectivity index (χ1n) is 7.58. The number of nitrogens with one attached hydrogen (secondary N) is 1. The van der Waals surface area contributed by atoms with Gasteiger partial charge in [-0.1, -0.05) is 19.9 Å². The van der Waals surface area contributed by atoms with Gasteiger partial charge in [0.1, 0.15) is 0 Å². The van der Waals surface area contributed by atoms with Gasteiger partial charge < -0.3 is 10.1 Å². The molecule has 0 spiro atoms. The number of sulfonamides is 1. The zero-order chi connectivity index (χ0) is 18.3. The minimum atomic E-state index is -3.56. The summed E-state index contributed by atoms with van der Waals surface area (Å²) < 4.78 is 29.9. The predicted octanol–water partition coefficient (Wildman–Crippen LogP) is 1.40. The summed E-state index contributed by atoms with van der Waals surface area (Å²) >= 11 is 0. The number of esters is 1. The van der Waals surface area contributed by atoms with Crippen LogP contribution in [0, 0.1) is 5.92 Å². The molecule has 1 aromatic carbocycles. The Morgan fingerprint density at radius 1 is 1.29 bits per heavy atom. The van der Waals surface area contributed by atoms with Crippen molar-refractivity contribution in [2.24, 2.45) is 5.92 Å². The van der Waals surface area contributed by atoms with Crippen molar-refractivity contribution in [3.8, 4) is 0 Å². The van der Waals surface area contributed by atoms with E-state index in [0.29, 0.717) is 12.1 Å². The van der Waals surface area contributed by atoms with E-state index in [4.69, 9.17) is 0 Å². The number of benzene rings is 1. The number of carbonyl (C=O) groups is 2. The van der Waals surface area contributed by atoms with Gasteiger partial charge in [-0.2, -0.15) is 0 Å². The second kappa shape index (κ2) is 8.68. The van der Waals surface area contributed by atoms with Gasteiger partial charge in [0.2, 0.25) is 15.9 Å². The Morgan fingerprint density at radius 2 is 1.96 bits per heavy atom. The van der Waals surface area contributed by atoms with Crippen LogP contribution in [0.3, 0.4) is 0 Å². The monoisotopic (exact) mass is 356 g/mol. The Hall–Kier alpha value is -2.09. The van der Waals surface area contributed by atoms with E-state index in [1.807, 2.05) is 13.8 Å². The molecule has 0 radical (unpaired) electrons. The lowest BCUT2D eigenvalue weighted by Crippen LogP contribution is -2.38. The fraction of sp³-hybridized carbons (Fsp3) is 0.500. The number of rotatable bonds is 8. The van der Waals surface area contributed by atoms with Crippen LogP contribution in [0.1, 0.15) is 30.6 Å². The van der Waals surface area contributed by atoms with E-state index in [9.17, 15) is 18.0 Å². The molecule has 1 N–H and O–H groups in total. The van der Waals surface area contributed by atoms with Crippen molar-refractivity contribution >= 4 is 27.6 Å². The number of anilines is 1. The average Bonchev–Trinajstić information content (AvgIpc) is 2.49. The third-order valence-corrected chi connectivity index (χ3v) is 4.38. The van der Waals surface area contributed by atoms with Crippen molar-refractivity contribution in [1.29, 1.82) is 0 Å². The molecule has 0 aliphatic heterocycles. The molecule has 0 heterocycles. The maximum Gasteiger partial charge on any atom is 0.337 e. The summed E-state index contributed by atoms with van der Waals surface area (Å²) in [7, 11) is -2.30. The Balaban J connectivity index is 2.88. The van der Waals surface area contributed by atoms with Crippen LogP contribution in [0.15, 0.2) is 24.3 Å². The molecule has 0 aliphatic rings. The molecular weight excluding hydrogens is 332 g/mol. The normalized spacial score (nSPS) is 11.2. The van der Waals surface area contributed by atoms with Gasteiger partial charge in [-0.05, 0) is 24.1 Å². The fourth-order valence-electron chi connectivity index (χ4n) is 2.13. The molecule has 0 unspecified atom stereocenters. The van der Waals surface area contributed by atoms with E-state index < -0.39 is 16.0 Å². The molecular formula is C16H24N2O5S. The van der Waals surface area contributed by atoms with Crippen molar-refractivity contribution < 1.29 is 22.7 Å². The van der Waals surface area contributed by atoms with Crippen molar-refractivity contribution in [3.05, 3.63) is 29.8 Å². The number of ether oxygens (including phenoxy) is 1. The number of methoxy groups -OCH3 is 1. The van der Waals surface area contributed by atoms with Gasteiger partial charge in [0.25, 0.3) is 0 Å². The summed E-state index contributed by atoms with van der Waals surface area (Å²) in [5.41, 5.74) is 0.603. The van der Waals surface area contributed by atoms with Gasteiger partial charge in [-0.15, -0.1) is 0 Å². The van der Waals surface area contributed by atoms with Crippen molar-refractivity contribution in [2.75, 3.05) is 30.8 Å². The first-order chi connectivity index (χ1) is 11.1. The van der Waals surface area contributed by atoms with E-state index >= 15 is 0 Å². The molecule has 1 rings (SSSR count). The standard InChI is InChI=1S/C16H24N2O5S/c1-12(2)10-15(19)17-8-9-18(24(4,21)22)14-7-5-6-13(11-14)16(20)23-3/h5-7,11-12H,8-10H2,1-4H3,(H,17,19). The summed E-state index contributed by atoms with van der Waals surface area (Å²) in [5.74, 6) is -0.440. The van der Waals surface area contributed by atoms with Gasteiger partial charge in [0.05, 0.1) is 31.2 Å². The van der Waals surface area contributed by atoms with Crippen LogP contribution in [-0.4, -0.2) is 46.7 Å². The Bertz CT molecular complexity index is 685. The lowest BCUT2D eigenvalue weighted by molar-refractivity contribution is -0.121. The third kappa shape index (κ3) is 6.19. The molecule has 0 fully saturated rings. The van der Waals surface area contributed by atoms with Crippen LogP contribution < -0.4 is 9.62 Å². The highest BCUT2D eigenvalue weighted by molar-refractivity contribution is 7.92. The topological polar surface area (TPSA) is 92.8 Å². The van der Waals surface area contributed by atoms with Crippen LogP contribution in [0.2, 0.25) is 0 Å². The van der Waals surface area contributed by atoms with Crippen molar-refractivity contribution in [1.82, 2.24) is 5.32 Å². The second-order valence-electron chi connectivity index (χ2n) is 5.82. The van der Waals surface area contributed by atoms with Gasteiger partial charge in [0, 0.05) is 13.0 Å². The molecule has 7 nitrogen and oxygen atoms in total. The molecule has 0 bridgehead atoms. The Morgan fingerprint density at radius 3 is 2.50 bits per heavy atom. The fourth-order valence-corrected chi connectivity index (χ4v) is 3.05. The summed E-state index contributed by atoms with van der Waals surface area (Å²) in [5, 5.41) is 2.70. The van der Waals surface area contributed by atoms with Crippen LogP contribution in [-0.2, 0) is 19.6 Å². The van der Waals surface area contributed by atoms with E-state index in [1.54, 1.807) is 18.2 Å². The van der Waals surface area contributed by atoms with Gasteiger partial charge in [-0.25, -0.2) is 13.2 Å². The Labute approximate surface area is 143 Å². The minimum Gasteiger partial charge on any atom is -0.465 e. The molecule has 134 valence electrons. The smallest absolute Gasteiger partial charge is 0.337 e. The SMILES string of the molecule is COC(=O)c1cccc(N(CCNC(=O)CC(C)C)S(C)(=O)=O)c1. The van der Waals surface area contributed by atoms with Gasteiger partial charge in [-0.3, -0.25) is 9.10 Å². The van der Waals surface area contributed by atoms with Crippen LogP contribution >= 0.6 is 0 Å². The van der Waals surface area contributed by atoms with E-state index in [1.165, 1.54) is 13.2 Å². The predicted molar refractivity (Wildman–Crippen MR) is 92.4 cm³/mol. The number of carbonyl (C=O) groups excluding carboxylic acids is 2. The zero-order valence-corrected chi connectivity index (χ0v) is 15.2. The summed E-state index contributed by atoms with van der Waals surface area (Å²) in [6, 6.07) is 6.16. The van der Waals surface area contributed by atoms with Crippen LogP contribution in [0.4, 0.5) is 5.69 Å². The molecule has 0 saturated heterocycles.